The smallest absolute Gasteiger partial charge is 0.232 e. The van der Waals surface area contributed by atoms with E-state index in [0.29, 0.717) is 5.16 Å². The van der Waals surface area contributed by atoms with Crippen LogP contribution in [0.4, 0.5) is 5.82 Å². The van der Waals surface area contributed by atoms with E-state index in [0.717, 1.165) is 17.3 Å². The third-order valence-corrected chi connectivity index (χ3v) is 4.26. The van der Waals surface area contributed by atoms with E-state index in [1.54, 1.807) is 0 Å². The van der Waals surface area contributed by atoms with Crippen LogP contribution in [-0.4, -0.2) is 15.1 Å². The second-order valence-electron chi connectivity index (χ2n) is 3.91. The Hall–Kier alpha value is -1.91. The lowest BCUT2D eigenvalue weighted by Crippen LogP contribution is -1.99. The lowest BCUT2D eigenvalue weighted by atomic mass is 10.2. The fraction of sp³-hybridized carbons (Fsp3) is 0.154. The van der Waals surface area contributed by atoms with E-state index in [-0.39, 0.29) is 21.8 Å². The highest BCUT2D eigenvalue weighted by atomic mass is 32.2. The summed E-state index contributed by atoms with van der Waals surface area (Å²) >= 11 is 2.15. The van der Waals surface area contributed by atoms with Gasteiger partial charge in [0, 0.05) is 5.25 Å². The molecule has 0 aliphatic rings. The van der Waals surface area contributed by atoms with Crippen LogP contribution in [0.2, 0.25) is 0 Å². The maximum Gasteiger partial charge on any atom is 0.232 e. The molecule has 102 valence electrons. The Balaban J connectivity index is 2.21. The van der Waals surface area contributed by atoms with Gasteiger partial charge in [-0.05, 0) is 24.2 Å². The molecule has 0 saturated heterocycles. The van der Waals surface area contributed by atoms with Crippen LogP contribution >= 0.6 is 23.5 Å². The van der Waals surface area contributed by atoms with Crippen molar-refractivity contribution in [3.05, 3.63) is 35.9 Å². The molecule has 1 unspecified atom stereocenters. The molecule has 20 heavy (non-hydrogen) atoms. The molecule has 0 fully saturated rings. The van der Waals surface area contributed by atoms with Crippen LogP contribution in [-0.2, 0) is 0 Å². The molecule has 0 spiro atoms. The summed E-state index contributed by atoms with van der Waals surface area (Å²) in [6.45, 7) is 2.02. The predicted molar refractivity (Wildman–Crippen MR) is 80.3 cm³/mol. The fourth-order valence-corrected chi connectivity index (χ4v) is 2.86. The van der Waals surface area contributed by atoms with E-state index >= 15 is 0 Å². The van der Waals surface area contributed by atoms with E-state index in [1.807, 2.05) is 42.7 Å². The number of thioether (sulfide) groups is 2. The summed E-state index contributed by atoms with van der Waals surface area (Å²) in [6.07, 6.45) is 0. The van der Waals surface area contributed by atoms with Gasteiger partial charge in [-0.15, -0.1) is 0 Å². The molecule has 2 aromatic rings. The molecule has 3 N–H and O–H groups in total. The van der Waals surface area contributed by atoms with Crippen LogP contribution in [0.5, 0.6) is 5.88 Å². The topological polar surface area (TPSA) is 95.8 Å². The van der Waals surface area contributed by atoms with Crippen molar-refractivity contribution in [3.8, 4) is 11.3 Å². The number of nitrogens with zero attached hydrogens (tertiary/aromatic N) is 3. The molecular weight excluding hydrogens is 292 g/mol. The number of anilines is 1. The van der Waals surface area contributed by atoms with Crippen LogP contribution in [0.15, 0.2) is 40.4 Å². The number of nitriles is 1. The van der Waals surface area contributed by atoms with Gasteiger partial charge in [-0.2, -0.15) is 10.2 Å². The number of nitrogen functional groups attached to an aromatic ring is 1. The van der Waals surface area contributed by atoms with Crippen molar-refractivity contribution < 1.29 is 5.11 Å². The summed E-state index contributed by atoms with van der Waals surface area (Å²) in [5.41, 5.74) is 6.86. The Labute approximate surface area is 125 Å². The lowest BCUT2D eigenvalue weighted by molar-refractivity contribution is 0.432. The summed E-state index contributed by atoms with van der Waals surface area (Å²) in [4.78, 5) is 8.29. The first-order chi connectivity index (χ1) is 9.61. The summed E-state index contributed by atoms with van der Waals surface area (Å²) < 4.78 is 0. The average Bonchev–Trinajstić information content (AvgIpc) is 2.44. The van der Waals surface area contributed by atoms with Crippen molar-refractivity contribution in [2.75, 3.05) is 5.73 Å². The fourth-order valence-electron chi connectivity index (χ4n) is 1.58. The molecule has 5 nitrogen and oxygen atoms in total. The highest BCUT2D eigenvalue weighted by Gasteiger charge is 2.15. The average molecular weight is 304 g/mol. The van der Waals surface area contributed by atoms with Crippen molar-refractivity contribution in [1.82, 2.24) is 9.97 Å². The summed E-state index contributed by atoms with van der Waals surface area (Å²) in [5.74, 6) is -0.140. The van der Waals surface area contributed by atoms with E-state index in [1.165, 1.54) is 11.8 Å². The summed E-state index contributed by atoms with van der Waals surface area (Å²) in [5, 5.41) is 20.7. The molecule has 0 amide bonds. The zero-order valence-electron chi connectivity index (χ0n) is 10.6. The largest absolute Gasteiger partial charge is 0.492 e. The minimum absolute atomic E-state index is 0.117. The van der Waals surface area contributed by atoms with Gasteiger partial charge in [0.2, 0.25) is 5.88 Å². The van der Waals surface area contributed by atoms with Crippen molar-refractivity contribution >= 4 is 29.3 Å². The molecule has 0 aliphatic carbocycles. The molecule has 1 heterocycles. The normalized spacial score (nSPS) is 11.8. The molecule has 2 rings (SSSR count). The van der Waals surface area contributed by atoms with Gasteiger partial charge in [0.1, 0.15) is 16.1 Å². The van der Waals surface area contributed by atoms with Crippen molar-refractivity contribution in [2.24, 2.45) is 0 Å². The van der Waals surface area contributed by atoms with Crippen molar-refractivity contribution in [3.63, 3.8) is 0 Å². The van der Waals surface area contributed by atoms with E-state index in [4.69, 9.17) is 11.0 Å². The highest BCUT2D eigenvalue weighted by Crippen LogP contribution is 2.37. The van der Waals surface area contributed by atoms with E-state index in [2.05, 4.69) is 9.97 Å². The third kappa shape index (κ3) is 3.35. The Morgan fingerprint density at radius 2 is 2.00 bits per heavy atom. The first-order valence-corrected chi connectivity index (χ1v) is 7.45. The number of rotatable bonds is 4. The Bertz CT molecular complexity index is 620. The van der Waals surface area contributed by atoms with E-state index < -0.39 is 0 Å². The van der Waals surface area contributed by atoms with E-state index in [9.17, 15) is 5.11 Å². The Morgan fingerprint density at radius 3 is 2.60 bits per heavy atom. The molecular formula is C13H12N4OS2. The number of benzene rings is 1. The Morgan fingerprint density at radius 1 is 1.30 bits per heavy atom. The van der Waals surface area contributed by atoms with Crippen molar-refractivity contribution in [1.29, 1.82) is 5.26 Å². The number of hydrogen-bond acceptors (Lipinski definition) is 7. The van der Waals surface area contributed by atoms with Gasteiger partial charge in [0.25, 0.3) is 0 Å². The minimum atomic E-state index is -0.258. The molecule has 0 radical (unpaired) electrons. The highest BCUT2D eigenvalue weighted by molar-refractivity contribution is 8.04. The zero-order chi connectivity index (χ0) is 14.5. The van der Waals surface area contributed by atoms with Crippen LogP contribution in [0.25, 0.3) is 0 Å². The van der Waals surface area contributed by atoms with Gasteiger partial charge in [-0.1, -0.05) is 42.1 Å². The number of aromatic hydroxyl groups is 1. The van der Waals surface area contributed by atoms with Crippen LogP contribution in [0.1, 0.15) is 17.7 Å². The number of hydrogen-bond donors (Lipinski definition) is 2. The first-order valence-electron chi connectivity index (χ1n) is 5.76. The van der Waals surface area contributed by atoms with Gasteiger partial charge < -0.3 is 10.8 Å². The quantitative estimate of drug-likeness (QED) is 0.508. The number of thiocyanates is 1. The third-order valence-electron chi connectivity index (χ3n) is 2.55. The SMILES string of the molecule is CC(Sc1nc(N)c(SC#N)c(O)n1)c1ccccc1. The van der Waals surface area contributed by atoms with Crippen LogP contribution in [0, 0.1) is 10.7 Å². The first kappa shape index (κ1) is 14.5. The number of nitrogens with two attached hydrogens (primary N) is 1. The van der Waals surface area contributed by atoms with Gasteiger partial charge in [-0.25, -0.2) is 4.98 Å². The zero-order valence-corrected chi connectivity index (χ0v) is 12.3. The molecule has 1 aromatic heterocycles. The van der Waals surface area contributed by atoms with Crippen LogP contribution < -0.4 is 5.73 Å². The monoisotopic (exact) mass is 304 g/mol. The second kappa shape index (κ2) is 6.50. The van der Waals surface area contributed by atoms with Crippen LogP contribution in [0.3, 0.4) is 0 Å². The minimum Gasteiger partial charge on any atom is -0.492 e. The second-order valence-corrected chi connectivity index (χ2v) is 6.01. The summed E-state index contributed by atoms with van der Waals surface area (Å²) in [7, 11) is 0. The lowest BCUT2D eigenvalue weighted by Gasteiger charge is -2.11. The molecule has 1 aromatic carbocycles. The van der Waals surface area contributed by atoms with Gasteiger partial charge in [0.15, 0.2) is 5.16 Å². The van der Waals surface area contributed by atoms with Gasteiger partial charge >= 0.3 is 0 Å². The maximum atomic E-state index is 9.77. The molecule has 1 atom stereocenters. The standard InChI is InChI=1S/C13H12N4OS2/c1-8(9-5-3-2-4-6-9)20-13-16-11(15)10(19-7-14)12(18)17-13/h2-6,8H,1H3,(H3,15,16,17,18). The molecule has 0 saturated carbocycles. The summed E-state index contributed by atoms with van der Waals surface area (Å²) in [6, 6.07) is 9.91. The predicted octanol–water partition coefficient (Wildman–Crippen LogP) is 3.19. The Kier molecular flexibility index (Phi) is 4.71. The molecule has 0 aliphatic heterocycles. The van der Waals surface area contributed by atoms with Gasteiger partial charge in [-0.3, -0.25) is 0 Å². The molecule has 0 bridgehead atoms. The maximum absolute atomic E-state index is 9.77. The van der Waals surface area contributed by atoms with Crippen molar-refractivity contribution in [2.45, 2.75) is 22.2 Å². The van der Waals surface area contributed by atoms with Gasteiger partial charge in [0.05, 0.1) is 0 Å². The number of aromatic nitrogens is 2. The molecule has 7 heteroatoms.